The fourth-order valence-electron chi connectivity index (χ4n) is 10.5. The molecule has 0 bridgehead atoms. The van der Waals surface area contributed by atoms with Crippen molar-refractivity contribution in [2.24, 2.45) is 0 Å². The normalized spacial score (nSPS) is 11.1. The molecule has 9 aromatic carbocycles. The van der Waals surface area contributed by atoms with E-state index in [1.54, 1.807) is 88.4 Å². The van der Waals surface area contributed by atoms with Gasteiger partial charge in [0.05, 0.1) is 68.7 Å². The number of halogens is 6. The Morgan fingerprint density at radius 2 is 0.730 bits per heavy atom. The molecule has 0 saturated heterocycles. The van der Waals surface area contributed by atoms with Crippen LogP contribution in [0.2, 0.25) is 0 Å². The van der Waals surface area contributed by atoms with E-state index in [0.29, 0.717) is 29.9 Å². The number of nitrogens with zero attached hydrogens (tertiary/aromatic N) is 9. The smallest absolute Gasteiger partial charge is 0.354 e. The summed E-state index contributed by atoms with van der Waals surface area (Å²) in [6, 6.07) is 74.8. The number of aromatic carboxylic acids is 2. The summed E-state index contributed by atoms with van der Waals surface area (Å²) in [5.74, 6) is -5.90. The number of rotatable bonds is 11. The minimum absolute atomic E-state index is 0. The summed E-state index contributed by atoms with van der Waals surface area (Å²) in [7, 11) is 0. The Bertz CT molecular complexity index is 5220. The third-order valence-electron chi connectivity index (χ3n) is 15.3. The largest absolute Gasteiger partial charge is 0.477 e. The Balaban J connectivity index is 0.000000286. The third kappa shape index (κ3) is 31.1. The average molecular weight is 2270 g/mol. The number of fused-ring (bicyclic) bond motifs is 4. The zero-order chi connectivity index (χ0) is 80.1. The van der Waals surface area contributed by atoms with Crippen LogP contribution in [0.25, 0.3) is 100 Å². The summed E-state index contributed by atoms with van der Waals surface area (Å²) in [6.45, 7) is 12.5. The molecular formula is C88H75F6Ir3N9O8Pt-4. The first-order chi connectivity index (χ1) is 53.2. The molecule has 4 unspecified atom stereocenters. The standard InChI is InChI=1S/C20H9F4N2.C16H12N.2C15H10FN2.2C6H5NO2.2C5H12O2.3Ir.Pt/c21-13-5-11(6-14(22)9-13)19-20(12-7-15(23)10-16(24)8-12)26-18-4-2-1-3-17(18)25-19;1-12-11-14-9-5-6-10-15(14)17-16(12)13-7-3-2-4-8-13;2*1-10-15(11-6-8-12(16)9-7-11)18-14-5-3-2-4-13(14)17-10;2*8-6(9)5-3-1-2-4-7-5;2*1-4(6)3-5(2)7;;;;/h1-7,9-10H;2-7,9-11H,1H3;2*2-6,8-9H,1H3;2*1-4H,(H,8,9);2*4-7H,3H2,1-2H3;;;;/q4*-1;;;;;;;;. The summed E-state index contributed by atoms with van der Waals surface area (Å²) < 4.78 is 80.4. The molecule has 4 atom stereocenters. The first kappa shape index (κ1) is 97.1. The van der Waals surface area contributed by atoms with Gasteiger partial charge in [0.25, 0.3) is 0 Å². The number of pyridine rings is 3. The van der Waals surface area contributed by atoms with E-state index in [-0.39, 0.29) is 151 Å². The van der Waals surface area contributed by atoms with Gasteiger partial charge in [-0.3, -0.25) is 43.7 Å². The van der Waals surface area contributed by atoms with Crippen molar-refractivity contribution in [1.82, 2.24) is 44.9 Å². The molecule has 0 saturated carbocycles. The summed E-state index contributed by atoms with van der Waals surface area (Å²) in [6.07, 6.45) is 2.34. The number of hydrogen-bond donors (Lipinski definition) is 6. The van der Waals surface area contributed by atoms with Crippen LogP contribution in [-0.2, 0) is 81.4 Å². The van der Waals surface area contributed by atoms with E-state index >= 15 is 0 Å². The van der Waals surface area contributed by atoms with Gasteiger partial charge in [-0.25, -0.2) is 37.1 Å². The number of carbonyl (C=O) groups is 2. The molecule has 0 aliphatic carbocycles. The first-order valence-corrected chi connectivity index (χ1v) is 34.5. The second kappa shape index (κ2) is 48.8. The zero-order valence-electron chi connectivity index (χ0n) is 62.4. The second-order valence-electron chi connectivity index (χ2n) is 24.8. The van der Waals surface area contributed by atoms with Gasteiger partial charge in [0.1, 0.15) is 23.0 Å². The number of para-hydroxylation sites is 7. The monoisotopic (exact) mass is 2270 g/mol. The van der Waals surface area contributed by atoms with Crippen LogP contribution in [0.1, 0.15) is 78.5 Å². The van der Waals surface area contributed by atoms with Crippen molar-refractivity contribution in [3.63, 3.8) is 0 Å². The van der Waals surface area contributed by atoms with Crippen molar-refractivity contribution >= 4 is 55.9 Å². The van der Waals surface area contributed by atoms with E-state index in [0.717, 1.165) is 97.0 Å². The number of aromatic nitrogens is 9. The molecular weight excluding hydrogens is 2200 g/mol. The van der Waals surface area contributed by atoms with Gasteiger partial charge in [-0.1, -0.05) is 84.4 Å². The zero-order valence-corrected chi connectivity index (χ0v) is 71.9. The molecule has 0 aliphatic heterocycles. The number of aryl methyl sites for hydroxylation is 3. The van der Waals surface area contributed by atoms with Gasteiger partial charge >= 0.3 is 11.9 Å². The minimum atomic E-state index is -0.990. The van der Waals surface area contributed by atoms with Gasteiger partial charge in [0.2, 0.25) is 0 Å². The van der Waals surface area contributed by atoms with E-state index in [4.69, 9.17) is 35.6 Å². The maximum atomic E-state index is 13.7. The van der Waals surface area contributed by atoms with Crippen molar-refractivity contribution in [3.05, 3.63) is 330 Å². The Morgan fingerprint density at radius 3 is 1.09 bits per heavy atom. The van der Waals surface area contributed by atoms with E-state index in [1.807, 2.05) is 105 Å². The van der Waals surface area contributed by atoms with Crippen LogP contribution in [-0.4, -0.2) is 112 Å². The van der Waals surface area contributed by atoms with E-state index in [9.17, 15) is 35.9 Å². The van der Waals surface area contributed by atoms with Crippen LogP contribution in [0.5, 0.6) is 0 Å². The quantitative estimate of drug-likeness (QED) is 0.0519. The molecule has 0 amide bonds. The predicted octanol–water partition coefficient (Wildman–Crippen LogP) is 18.2. The Morgan fingerprint density at radius 1 is 0.365 bits per heavy atom. The Hall–Kier alpha value is -10.3. The number of carboxylic acids is 2. The van der Waals surface area contributed by atoms with E-state index in [2.05, 4.69) is 83.2 Å². The minimum Gasteiger partial charge on any atom is -0.477 e. The van der Waals surface area contributed by atoms with Gasteiger partial charge < -0.3 is 30.6 Å². The van der Waals surface area contributed by atoms with Crippen molar-refractivity contribution in [3.8, 4) is 56.3 Å². The second-order valence-corrected chi connectivity index (χ2v) is 24.8. The van der Waals surface area contributed by atoms with Crippen LogP contribution in [0.4, 0.5) is 26.3 Å². The fraction of sp³-hybridized carbons (Fsp3) is 0.148. The molecule has 17 nitrogen and oxygen atoms in total. The number of benzene rings is 9. The first-order valence-electron chi connectivity index (χ1n) is 34.5. The van der Waals surface area contributed by atoms with Crippen molar-refractivity contribution in [1.29, 1.82) is 0 Å². The fourth-order valence-corrected chi connectivity index (χ4v) is 10.5. The molecule has 6 N–H and O–H groups in total. The molecule has 0 aliphatic rings. The van der Waals surface area contributed by atoms with Crippen LogP contribution in [0.15, 0.2) is 243 Å². The van der Waals surface area contributed by atoms with Crippen LogP contribution < -0.4 is 0 Å². The van der Waals surface area contributed by atoms with Crippen molar-refractivity contribution in [2.75, 3.05) is 0 Å². The van der Waals surface area contributed by atoms with E-state index in [1.165, 1.54) is 59.7 Å². The maximum absolute atomic E-state index is 13.7. The molecule has 3 radical (unpaired) electrons. The summed E-state index contributed by atoms with van der Waals surface area (Å²) in [5, 5.41) is 52.1. The molecule has 6 aromatic heterocycles. The maximum Gasteiger partial charge on any atom is 0.354 e. The summed E-state index contributed by atoms with van der Waals surface area (Å²) >= 11 is 0. The molecule has 15 aromatic rings. The van der Waals surface area contributed by atoms with E-state index < -0.39 is 35.2 Å². The van der Waals surface area contributed by atoms with Crippen LogP contribution in [0.3, 0.4) is 0 Å². The topological polar surface area (TPSA) is 272 Å². The molecule has 115 heavy (non-hydrogen) atoms. The molecule has 0 spiro atoms. The van der Waals surface area contributed by atoms with Gasteiger partial charge in [-0.05, 0) is 157 Å². The Labute approximate surface area is 715 Å². The van der Waals surface area contributed by atoms with Crippen LogP contribution in [0, 0.1) is 79.9 Å². The molecule has 27 heteroatoms. The third-order valence-corrected chi connectivity index (χ3v) is 15.3. The van der Waals surface area contributed by atoms with Gasteiger partial charge in [0.15, 0.2) is 0 Å². The predicted molar refractivity (Wildman–Crippen MR) is 415 cm³/mol. The van der Waals surface area contributed by atoms with Gasteiger partial charge in [0, 0.05) is 152 Å². The van der Waals surface area contributed by atoms with Gasteiger partial charge in [-0.15, -0.1) is 113 Å². The number of aliphatic hydroxyl groups is 4. The average Bonchev–Trinajstić information content (AvgIpc) is 0.780. The number of aliphatic hydroxyl groups excluding tert-OH is 4. The number of carboxylic acid groups (broad SMARTS) is 2. The molecule has 15 rings (SSSR count). The summed E-state index contributed by atoms with van der Waals surface area (Å²) in [4.78, 5) is 59.1. The van der Waals surface area contributed by atoms with Gasteiger partial charge in [-0.2, -0.15) is 0 Å². The SMILES string of the molecule is CC(O)CC(C)O.CC(O)CC(C)O.Cc1cc2ccccc2nc1-c1[c-]cccc1.Cc1nc2ccccc2nc1-c1[c-]cc(F)cc1.Cc1nc2ccccc2nc1-c1[c-]cc(F)cc1.Fc1[c-]c(-c2nc3ccccc3nc2-c2cc(F)cc(F)c2)cc(F)c1.O=C(O)c1ccccn1.O=C(O)c1ccccn1.[Ir].[Ir].[Ir].[Pt]. The molecule has 6 heterocycles. The van der Waals surface area contributed by atoms with Crippen molar-refractivity contribution < 1.29 is 148 Å². The number of hydrogen-bond acceptors (Lipinski definition) is 15. The summed E-state index contributed by atoms with van der Waals surface area (Å²) in [5.41, 5.74) is 13.7. The molecule has 0 fully saturated rings. The molecule has 603 valence electrons. The van der Waals surface area contributed by atoms with Crippen molar-refractivity contribution in [2.45, 2.75) is 85.7 Å². The Kier molecular flexibility index (Phi) is 41.2. The van der Waals surface area contributed by atoms with Crippen LogP contribution >= 0.6 is 0 Å².